The van der Waals surface area contributed by atoms with Crippen molar-refractivity contribution in [1.82, 2.24) is 10.9 Å². The first-order valence-corrected chi connectivity index (χ1v) is 15.4. The normalized spacial score (nSPS) is 11.4. The van der Waals surface area contributed by atoms with E-state index in [0.717, 1.165) is 32.6 Å². The van der Waals surface area contributed by atoms with Gasteiger partial charge in [0.25, 0.3) is 0 Å². The molecule has 10 heteroatoms. The van der Waals surface area contributed by atoms with E-state index < -0.39 is 0 Å². The molecule has 0 aliphatic rings. The molecule has 4 amide bonds. The van der Waals surface area contributed by atoms with E-state index in [9.17, 15) is 9.59 Å². The molecule has 0 saturated carbocycles. The number of thiophene rings is 2. The first-order valence-electron chi connectivity index (χ1n) is 13.7. The molecule has 0 unspecified atom stereocenters. The molecule has 0 saturated heterocycles. The molecule has 0 atom stereocenters. The molecular weight excluding hydrogens is 589 g/mol. The number of amides is 4. The highest BCUT2D eigenvalue weighted by Crippen LogP contribution is 2.26. The Morgan fingerprint density at radius 2 is 0.886 bits per heavy atom. The highest BCUT2D eigenvalue weighted by molar-refractivity contribution is 7.21. The van der Waals surface area contributed by atoms with Crippen molar-refractivity contribution in [3.63, 3.8) is 0 Å². The van der Waals surface area contributed by atoms with Gasteiger partial charge < -0.3 is 10.6 Å². The quantitative estimate of drug-likeness (QED) is 0.111. The Morgan fingerprint density at radius 1 is 0.523 bits per heavy atom. The van der Waals surface area contributed by atoms with Gasteiger partial charge in [-0.15, -0.1) is 22.7 Å². The third kappa shape index (κ3) is 8.37. The SMILES string of the molecule is C/C(=N\NC(=O)Nc1ccccc1)c1cc2ccccc2s1.C/C(=N\NC(=O)Nc1ccccc1)c1cc2ccccc2s1. The highest BCUT2D eigenvalue weighted by Gasteiger charge is 2.07. The Hall–Kier alpha value is -5.32. The topological polar surface area (TPSA) is 107 Å². The predicted octanol–water partition coefficient (Wildman–Crippen LogP) is 8.89. The Labute approximate surface area is 263 Å². The summed E-state index contributed by atoms with van der Waals surface area (Å²) in [6.07, 6.45) is 0. The van der Waals surface area contributed by atoms with Crippen LogP contribution in [0.25, 0.3) is 20.2 Å². The summed E-state index contributed by atoms with van der Waals surface area (Å²) in [6, 6.07) is 38.3. The van der Waals surface area contributed by atoms with Gasteiger partial charge in [0.15, 0.2) is 0 Å². The lowest BCUT2D eigenvalue weighted by atomic mass is 10.2. The molecule has 4 aromatic carbocycles. The monoisotopic (exact) mass is 618 g/mol. The molecule has 0 spiro atoms. The van der Waals surface area contributed by atoms with Gasteiger partial charge in [-0.3, -0.25) is 0 Å². The molecule has 6 rings (SSSR count). The summed E-state index contributed by atoms with van der Waals surface area (Å²) < 4.78 is 2.42. The molecular formula is C34H30N6O2S2. The number of fused-ring (bicyclic) bond motifs is 2. The van der Waals surface area contributed by atoms with E-state index >= 15 is 0 Å². The molecule has 2 aromatic heterocycles. The van der Waals surface area contributed by atoms with Crippen LogP contribution in [0.5, 0.6) is 0 Å². The van der Waals surface area contributed by atoms with Gasteiger partial charge in [0.1, 0.15) is 0 Å². The minimum atomic E-state index is -0.355. The number of nitrogens with zero attached hydrogens (tertiary/aromatic N) is 2. The molecule has 0 fully saturated rings. The van der Waals surface area contributed by atoms with Crippen molar-refractivity contribution in [2.45, 2.75) is 13.8 Å². The van der Waals surface area contributed by atoms with Crippen LogP contribution in [0.2, 0.25) is 0 Å². The van der Waals surface area contributed by atoms with Gasteiger partial charge in [-0.25, -0.2) is 20.4 Å². The van der Waals surface area contributed by atoms with E-state index in [2.05, 4.69) is 68.1 Å². The molecule has 4 N–H and O–H groups in total. The van der Waals surface area contributed by atoms with Crippen LogP contribution in [0.3, 0.4) is 0 Å². The number of anilines is 2. The van der Waals surface area contributed by atoms with Crippen molar-refractivity contribution in [1.29, 1.82) is 0 Å². The van der Waals surface area contributed by atoms with Crippen LogP contribution in [0.1, 0.15) is 23.6 Å². The summed E-state index contributed by atoms with van der Waals surface area (Å²) in [7, 11) is 0. The van der Waals surface area contributed by atoms with E-state index in [1.54, 1.807) is 22.7 Å². The van der Waals surface area contributed by atoms with Crippen LogP contribution in [0.15, 0.2) is 132 Å². The minimum Gasteiger partial charge on any atom is -0.307 e. The van der Waals surface area contributed by atoms with E-state index in [1.165, 1.54) is 20.2 Å². The molecule has 0 aliphatic heterocycles. The number of hydrogen-bond donors (Lipinski definition) is 4. The molecule has 2 heterocycles. The molecule has 8 nitrogen and oxygen atoms in total. The average Bonchev–Trinajstić information content (AvgIpc) is 3.69. The van der Waals surface area contributed by atoms with Crippen LogP contribution < -0.4 is 21.5 Å². The van der Waals surface area contributed by atoms with Crippen LogP contribution in [-0.2, 0) is 0 Å². The Morgan fingerprint density at radius 3 is 1.27 bits per heavy atom. The van der Waals surface area contributed by atoms with Crippen molar-refractivity contribution >= 4 is 77.7 Å². The summed E-state index contributed by atoms with van der Waals surface area (Å²) in [5.74, 6) is 0. The zero-order valence-corrected chi connectivity index (χ0v) is 25.7. The first-order chi connectivity index (χ1) is 21.4. The van der Waals surface area contributed by atoms with E-state index in [-0.39, 0.29) is 12.1 Å². The number of carbonyl (C=O) groups excluding carboxylic acids is 2. The van der Waals surface area contributed by atoms with Gasteiger partial charge in [-0.05, 0) is 73.2 Å². The average molecular weight is 619 g/mol. The number of benzene rings is 4. The fourth-order valence-corrected chi connectivity index (χ4v) is 6.08. The first kappa shape index (κ1) is 30.1. The maximum absolute atomic E-state index is 11.8. The van der Waals surface area contributed by atoms with Crippen molar-refractivity contribution in [2.24, 2.45) is 10.2 Å². The Balaban J connectivity index is 0.000000175. The maximum atomic E-state index is 11.8. The smallest absolute Gasteiger partial charge is 0.307 e. The van der Waals surface area contributed by atoms with Crippen molar-refractivity contribution < 1.29 is 9.59 Å². The standard InChI is InChI=1S/2C17H15N3OS/c2*1-12(16-11-13-7-5-6-10-15(13)22-16)19-20-17(21)18-14-8-3-2-4-9-14/h2*2-11H,1H3,(H2,18,20,21)/b2*19-12+. The van der Waals surface area contributed by atoms with Crippen molar-refractivity contribution in [3.8, 4) is 0 Å². The largest absolute Gasteiger partial charge is 0.339 e. The van der Waals surface area contributed by atoms with Crippen LogP contribution in [-0.4, -0.2) is 23.5 Å². The second-order valence-corrected chi connectivity index (χ2v) is 11.7. The molecule has 0 aliphatic carbocycles. The molecule has 0 radical (unpaired) electrons. The highest BCUT2D eigenvalue weighted by atomic mass is 32.1. The number of hydrogen-bond acceptors (Lipinski definition) is 6. The second kappa shape index (κ2) is 14.7. The Kier molecular flexibility index (Phi) is 10.1. The van der Waals surface area contributed by atoms with E-state index in [4.69, 9.17) is 0 Å². The zero-order valence-electron chi connectivity index (χ0n) is 24.1. The van der Waals surface area contributed by atoms with Crippen LogP contribution >= 0.6 is 22.7 Å². The van der Waals surface area contributed by atoms with Crippen LogP contribution in [0.4, 0.5) is 21.0 Å². The van der Waals surface area contributed by atoms with Gasteiger partial charge in [0.05, 0.1) is 21.2 Å². The third-order valence-corrected chi connectivity index (χ3v) is 8.73. The van der Waals surface area contributed by atoms with E-state index in [1.807, 2.05) is 98.8 Å². The molecule has 0 bridgehead atoms. The zero-order chi connectivity index (χ0) is 30.7. The van der Waals surface area contributed by atoms with Gasteiger partial charge in [0, 0.05) is 20.8 Å². The number of carbonyl (C=O) groups is 2. The van der Waals surface area contributed by atoms with Gasteiger partial charge >= 0.3 is 12.1 Å². The fraction of sp³-hybridized carbons (Fsp3) is 0.0588. The van der Waals surface area contributed by atoms with Gasteiger partial charge in [-0.1, -0.05) is 72.8 Å². The van der Waals surface area contributed by atoms with Gasteiger partial charge in [-0.2, -0.15) is 10.2 Å². The Bertz CT molecular complexity index is 1720. The third-order valence-electron chi connectivity index (χ3n) is 6.28. The molecule has 44 heavy (non-hydrogen) atoms. The number of urea groups is 2. The fourth-order valence-electron chi connectivity index (χ4n) is 4.06. The summed E-state index contributed by atoms with van der Waals surface area (Å²) in [5.41, 5.74) is 8.06. The van der Waals surface area contributed by atoms with Gasteiger partial charge in [0.2, 0.25) is 0 Å². The van der Waals surface area contributed by atoms with Crippen molar-refractivity contribution in [3.05, 3.63) is 131 Å². The van der Waals surface area contributed by atoms with Crippen molar-refractivity contribution in [2.75, 3.05) is 10.6 Å². The second-order valence-electron chi connectivity index (χ2n) is 9.56. The van der Waals surface area contributed by atoms with Crippen LogP contribution in [0, 0.1) is 0 Å². The summed E-state index contributed by atoms with van der Waals surface area (Å²) >= 11 is 3.32. The minimum absolute atomic E-state index is 0.355. The number of hydrazone groups is 2. The molecule has 6 aromatic rings. The maximum Gasteiger partial charge on any atom is 0.339 e. The summed E-state index contributed by atoms with van der Waals surface area (Å²) in [6.45, 7) is 3.76. The lowest BCUT2D eigenvalue weighted by molar-refractivity contribution is 0.251. The lowest BCUT2D eigenvalue weighted by Crippen LogP contribution is -2.25. The predicted molar refractivity (Wildman–Crippen MR) is 185 cm³/mol. The number of nitrogens with one attached hydrogen (secondary N) is 4. The number of para-hydroxylation sites is 2. The molecule has 220 valence electrons. The lowest BCUT2D eigenvalue weighted by Gasteiger charge is -2.04. The summed E-state index contributed by atoms with van der Waals surface area (Å²) in [4.78, 5) is 25.7. The number of rotatable bonds is 6. The summed E-state index contributed by atoms with van der Waals surface area (Å²) in [5, 5.41) is 16.1. The van der Waals surface area contributed by atoms with E-state index in [0.29, 0.717) is 0 Å².